The Balaban J connectivity index is 1.51. The molecule has 1 atom stereocenters. The van der Waals surface area contributed by atoms with Gasteiger partial charge in [-0.05, 0) is 48.9 Å². The Bertz CT molecular complexity index is 1110. The molecule has 0 fully saturated rings. The molecule has 0 radical (unpaired) electrons. The van der Waals surface area contributed by atoms with Crippen LogP contribution in [0.1, 0.15) is 35.0 Å². The van der Waals surface area contributed by atoms with Gasteiger partial charge in [0.2, 0.25) is 11.7 Å². The second kappa shape index (κ2) is 9.30. The molecule has 1 amide bonds. The predicted molar refractivity (Wildman–Crippen MR) is 115 cm³/mol. The Morgan fingerprint density at radius 2 is 1.84 bits per heavy atom. The smallest absolute Gasteiger partial charge is 0.290 e. The Morgan fingerprint density at radius 1 is 1.06 bits per heavy atom. The molecular formula is C24H23N3O4. The van der Waals surface area contributed by atoms with Crippen LogP contribution in [0, 0.1) is 0 Å². The first-order chi connectivity index (χ1) is 15.2. The molecule has 0 saturated heterocycles. The van der Waals surface area contributed by atoms with E-state index in [0.717, 1.165) is 16.9 Å². The molecule has 0 spiro atoms. The fourth-order valence-electron chi connectivity index (χ4n) is 3.35. The van der Waals surface area contributed by atoms with Crippen molar-refractivity contribution in [1.82, 2.24) is 15.0 Å². The Kier molecular flexibility index (Phi) is 6.12. The van der Waals surface area contributed by atoms with Gasteiger partial charge in [0, 0.05) is 18.5 Å². The monoisotopic (exact) mass is 417 g/mol. The molecule has 0 unspecified atom stereocenters. The number of nitrogens with zero attached hydrogens (tertiary/aromatic N) is 3. The lowest BCUT2D eigenvalue weighted by atomic mass is 10.1. The first-order valence-corrected chi connectivity index (χ1v) is 10.0. The van der Waals surface area contributed by atoms with Crippen LogP contribution in [-0.4, -0.2) is 34.6 Å². The van der Waals surface area contributed by atoms with Crippen molar-refractivity contribution in [3.8, 4) is 17.1 Å². The maximum atomic E-state index is 13.1. The van der Waals surface area contributed by atoms with Crippen molar-refractivity contribution in [1.29, 1.82) is 0 Å². The molecule has 31 heavy (non-hydrogen) atoms. The molecule has 2 aromatic heterocycles. The first-order valence-electron chi connectivity index (χ1n) is 10.0. The summed E-state index contributed by atoms with van der Waals surface area (Å²) in [6.45, 7) is 2.40. The van der Waals surface area contributed by atoms with Crippen molar-refractivity contribution in [3.63, 3.8) is 0 Å². The number of hydrogen-bond donors (Lipinski definition) is 0. The molecule has 0 aliphatic carbocycles. The molecule has 0 aliphatic heterocycles. The first kappa shape index (κ1) is 20.4. The maximum Gasteiger partial charge on any atom is 0.290 e. The van der Waals surface area contributed by atoms with Gasteiger partial charge in [0.05, 0.1) is 19.4 Å². The molecule has 7 heteroatoms. The van der Waals surface area contributed by atoms with Crippen molar-refractivity contribution < 1.29 is 18.5 Å². The highest BCUT2D eigenvalue weighted by atomic mass is 16.5. The van der Waals surface area contributed by atoms with Gasteiger partial charge < -0.3 is 18.6 Å². The lowest BCUT2D eigenvalue weighted by molar-refractivity contribution is 0.0656. The zero-order chi connectivity index (χ0) is 21.6. The van der Waals surface area contributed by atoms with Crippen LogP contribution in [0.4, 0.5) is 0 Å². The summed E-state index contributed by atoms with van der Waals surface area (Å²) in [6.07, 6.45) is 1.92. The summed E-state index contributed by atoms with van der Waals surface area (Å²) in [5, 5.41) is 4.07. The van der Waals surface area contributed by atoms with Crippen LogP contribution in [-0.2, 0) is 6.42 Å². The number of ether oxygens (including phenoxy) is 1. The summed E-state index contributed by atoms with van der Waals surface area (Å²) in [4.78, 5) is 19.3. The van der Waals surface area contributed by atoms with Crippen LogP contribution in [0.2, 0.25) is 0 Å². The lowest BCUT2D eigenvalue weighted by Gasteiger charge is -2.28. The van der Waals surface area contributed by atoms with Crippen molar-refractivity contribution in [3.05, 3.63) is 90.2 Å². The summed E-state index contributed by atoms with van der Waals surface area (Å²) in [7, 11) is 1.62. The molecular weight excluding hydrogens is 394 g/mol. The number of carbonyl (C=O) groups is 1. The van der Waals surface area contributed by atoms with E-state index in [1.54, 1.807) is 24.1 Å². The summed E-state index contributed by atoms with van der Waals surface area (Å²) >= 11 is 0. The van der Waals surface area contributed by atoms with Gasteiger partial charge in [-0.25, -0.2) is 0 Å². The second-order valence-electron chi connectivity index (χ2n) is 7.05. The van der Waals surface area contributed by atoms with E-state index >= 15 is 0 Å². The number of rotatable bonds is 8. The number of furan rings is 1. The van der Waals surface area contributed by atoms with Gasteiger partial charge in [0.25, 0.3) is 5.91 Å². The molecule has 2 heterocycles. The number of amides is 1. The minimum absolute atomic E-state index is 0.150. The van der Waals surface area contributed by atoms with Gasteiger partial charge in [-0.3, -0.25) is 4.79 Å². The highest BCUT2D eigenvalue weighted by molar-refractivity contribution is 5.91. The SMILES string of the molecule is COc1ccc(-c2noc(CCN(C(=O)c3ccco3)[C@@H](C)c3ccccc3)n2)cc1. The molecule has 0 N–H and O–H groups in total. The fourth-order valence-corrected chi connectivity index (χ4v) is 3.35. The lowest BCUT2D eigenvalue weighted by Crippen LogP contribution is -2.35. The van der Waals surface area contributed by atoms with Crippen molar-refractivity contribution in [2.45, 2.75) is 19.4 Å². The normalized spacial score (nSPS) is 11.8. The van der Waals surface area contributed by atoms with Gasteiger partial charge in [-0.15, -0.1) is 0 Å². The van der Waals surface area contributed by atoms with E-state index in [2.05, 4.69) is 10.1 Å². The molecule has 2 aromatic carbocycles. The minimum Gasteiger partial charge on any atom is -0.497 e. The van der Waals surface area contributed by atoms with Crippen LogP contribution in [0.5, 0.6) is 5.75 Å². The van der Waals surface area contributed by atoms with E-state index in [1.165, 1.54) is 6.26 Å². The van der Waals surface area contributed by atoms with Crippen LogP contribution in [0.15, 0.2) is 81.9 Å². The molecule has 4 aromatic rings. The number of methoxy groups -OCH3 is 1. The third-order valence-corrected chi connectivity index (χ3v) is 5.13. The standard InChI is InChI=1S/C24H23N3O4/c1-17(18-7-4-3-5-8-18)27(24(28)21-9-6-16-30-21)15-14-22-25-23(26-31-22)19-10-12-20(29-2)13-11-19/h3-13,16-17H,14-15H2,1-2H3/t17-/m0/s1. The molecule has 0 saturated carbocycles. The predicted octanol–water partition coefficient (Wildman–Crippen LogP) is 4.78. The van der Waals surface area contributed by atoms with E-state index < -0.39 is 0 Å². The van der Waals surface area contributed by atoms with Crippen LogP contribution < -0.4 is 4.74 Å². The second-order valence-corrected chi connectivity index (χ2v) is 7.05. The number of hydrogen-bond acceptors (Lipinski definition) is 6. The topological polar surface area (TPSA) is 81.6 Å². The number of carbonyl (C=O) groups excluding carboxylic acids is 1. The molecule has 7 nitrogen and oxygen atoms in total. The largest absolute Gasteiger partial charge is 0.497 e. The van der Waals surface area contributed by atoms with Crippen molar-refractivity contribution in [2.24, 2.45) is 0 Å². The van der Waals surface area contributed by atoms with Crippen LogP contribution in [0.3, 0.4) is 0 Å². The Hall–Kier alpha value is -3.87. The fraction of sp³-hybridized carbons (Fsp3) is 0.208. The molecule has 158 valence electrons. The summed E-state index contributed by atoms with van der Waals surface area (Å²) in [5.41, 5.74) is 1.86. The zero-order valence-electron chi connectivity index (χ0n) is 17.4. The summed E-state index contributed by atoms with van der Waals surface area (Å²) < 4.78 is 15.9. The highest BCUT2D eigenvalue weighted by Gasteiger charge is 2.25. The quantitative estimate of drug-likeness (QED) is 0.410. The highest BCUT2D eigenvalue weighted by Crippen LogP contribution is 2.24. The Labute approximate surface area is 180 Å². The van der Waals surface area contributed by atoms with Crippen LogP contribution >= 0.6 is 0 Å². The third-order valence-electron chi connectivity index (χ3n) is 5.13. The van der Waals surface area contributed by atoms with Crippen molar-refractivity contribution in [2.75, 3.05) is 13.7 Å². The average Bonchev–Trinajstić information content (AvgIpc) is 3.52. The van der Waals surface area contributed by atoms with Gasteiger partial charge in [0.1, 0.15) is 5.75 Å². The van der Waals surface area contributed by atoms with Crippen LogP contribution in [0.25, 0.3) is 11.4 Å². The molecule has 4 rings (SSSR count). The van der Waals surface area contributed by atoms with Gasteiger partial charge in [-0.1, -0.05) is 35.5 Å². The minimum atomic E-state index is -0.184. The van der Waals surface area contributed by atoms with Gasteiger partial charge >= 0.3 is 0 Å². The number of aromatic nitrogens is 2. The van der Waals surface area contributed by atoms with Gasteiger partial charge in [0.15, 0.2) is 5.76 Å². The Morgan fingerprint density at radius 3 is 2.52 bits per heavy atom. The van der Waals surface area contributed by atoms with E-state index in [0.29, 0.717) is 30.4 Å². The van der Waals surface area contributed by atoms with E-state index in [-0.39, 0.29) is 11.9 Å². The maximum absolute atomic E-state index is 13.1. The van der Waals surface area contributed by atoms with E-state index in [1.807, 2.05) is 61.5 Å². The average molecular weight is 417 g/mol. The van der Waals surface area contributed by atoms with E-state index in [9.17, 15) is 4.79 Å². The summed E-state index contributed by atoms with van der Waals surface area (Å²) in [5.74, 6) is 1.83. The number of benzene rings is 2. The zero-order valence-corrected chi connectivity index (χ0v) is 17.4. The molecule has 0 bridgehead atoms. The third kappa shape index (κ3) is 4.66. The molecule has 0 aliphatic rings. The summed E-state index contributed by atoms with van der Waals surface area (Å²) in [6, 6.07) is 20.5. The van der Waals surface area contributed by atoms with Gasteiger partial charge in [-0.2, -0.15) is 4.98 Å². The van der Waals surface area contributed by atoms with E-state index in [4.69, 9.17) is 13.7 Å². The van der Waals surface area contributed by atoms with Crippen molar-refractivity contribution >= 4 is 5.91 Å².